The zero-order chi connectivity index (χ0) is 16.5. The van der Waals surface area contributed by atoms with Crippen LogP contribution in [0.4, 0.5) is 0 Å². The van der Waals surface area contributed by atoms with E-state index in [4.69, 9.17) is 4.42 Å². The summed E-state index contributed by atoms with van der Waals surface area (Å²) in [6, 6.07) is 17.3. The Hall–Kier alpha value is -2.53. The van der Waals surface area contributed by atoms with Gasteiger partial charge < -0.3 is 9.52 Å². The quantitative estimate of drug-likeness (QED) is 0.741. The largest absolute Gasteiger partial charge is 0.511 e. The number of hydrogen-bond acceptors (Lipinski definition) is 5. The van der Waals surface area contributed by atoms with Crippen molar-refractivity contribution in [2.45, 2.75) is 24.0 Å². The van der Waals surface area contributed by atoms with Crippen LogP contribution in [0.3, 0.4) is 0 Å². The lowest BCUT2D eigenvalue weighted by Crippen LogP contribution is -2.17. The number of carbonyl (C=O) groups excluding carboxylic acids is 1. The molecule has 0 saturated heterocycles. The standard InChI is InChI=1S/C19H15NO3S/c21-15-10-13(12-6-2-1-3-7-12)11-16(22)18(15)24-19-20-14-8-4-5-9-17(14)23-19/h1-9,13,21H,10-11H2. The lowest BCUT2D eigenvalue weighted by atomic mass is 9.86. The number of hydrogen-bond donors (Lipinski definition) is 1. The minimum absolute atomic E-state index is 0.0201. The molecule has 1 aliphatic rings. The van der Waals surface area contributed by atoms with E-state index in [-0.39, 0.29) is 17.5 Å². The number of carbonyl (C=O) groups is 1. The Morgan fingerprint density at radius 3 is 2.54 bits per heavy atom. The molecule has 0 saturated carbocycles. The maximum absolute atomic E-state index is 12.5. The highest BCUT2D eigenvalue weighted by Crippen LogP contribution is 2.40. The van der Waals surface area contributed by atoms with Crippen molar-refractivity contribution in [1.82, 2.24) is 4.98 Å². The highest BCUT2D eigenvalue weighted by atomic mass is 32.2. The Kier molecular flexibility index (Phi) is 3.86. The highest BCUT2D eigenvalue weighted by molar-refractivity contribution is 8.03. The van der Waals surface area contributed by atoms with E-state index in [1.165, 1.54) is 0 Å². The first-order valence-corrected chi connectivity index (χ1v) is 8.56. The molecule has 3 aromatic rings. The minimum atomic E-state index is -0.0696. The van der Waals surface area contributed by atoms with E-state index in [9.17, 15) is 9.90 Å². The average Bonchev–Trinajstić information content (AvgIpc) is 3.01. The lowest BCUT2D eigenvalue weighted by molar-refractivity contribution is -0.115. The molecular formula is C19H15NO3S. The second kappa shape index (κ2) is 6.17. The van der Waals surface area contributed by atoms with Crippen molar-refractivity contribution >= 4 is 28.6 Å². The number of fused-ring (bicyclic) bond motifs is 1. The van der Waals surface area contributed by atoms with Gasteiger partial charge in [-0.15, -0.1) is 0 Å². The molecule has 4 nitrogen and oxygen atoms in total. The van der Waals surface area contributed by atoms with Crippen LogP contribution in [0.2, 0.25) is 0 Å². The molecule has 0 amide bonds. The summed E-state index contributed by atoms with van der Waals surface area (Å²) in [4.78, 5) is 17.2. The molecule has 1 aromatic heterocycles. The summed E-state index contributed by atoms with van der Waals surface area (Å²) < 4.78 is 5.63. The number of thioether (sulfide) groups is 1. The van der Waals surface area contributed by atoms with Crippen LogP contribution in [0.15, 0.2) is 74.9 Å². The van der Waals surface area contributed by atoms with Gasteiger partial charge >= 0.3 is 0 Å². The number of nitrogens with zero attached hydrogens (tertiary/aromatic N) is 1. The third kappa shape index (κ3) is 2.83. The van der Waals surface area contributed by atoms with Gasteiger partial charge in [-0.3, -0.25) is 4.79 Å². The van der Waals surface area contributed by atoms with E-state index >= 15 is 0 Å². The van der Waals surface area contributed by atoms with Crippen LogP contribution >= 0.6 is 11.8 Å². The number of Topliss-reactive ketones (excluding diaryl/α,β-unsaturated/α-hetero) is 1. The van der Waals surface area contributed by atoms with Gasteiger partial charge in [0.05, 0.1) is 4.91 Å². The molecule has 2 aromatic carbocycles. The summed E-state index contributed by atoms with van der Waals surface area (Å²) in [7, 11) is 0. The summed E-state index contributed by atoms with van der Waals surface area (Å²) in [5.74, 6) is 0.0684. The van der Waals surface area contributed by atoms with Gasteiger partial charge in [-0.05, 0) is 35.4 Å². The molecule has 0 aliphatic heterocycles. The third-order valence-electron chi connectivity index (χ3n) is 4.12. The van der Waals surface area contributed by atoms with Crippen LogP contribution < -0.4 is 0 Å². The third-order valence-corrected chi connectivity index (χ3v) is 5.14. The number of ketones is 1. The number of para-hydroxylation sites is 2. The summed E-state index contributed by atoms with van der Waals surface area (Å²) in [6.45, 7) is 0. The van der Waals surface area contributed by atoms with Crippen LogP contribution in [-0.4, -0.2) is 15.9 Å². The lowest BCUT2D eigenvalue weighted by Gasteiger charge is -2.22. The number of rotatable bonds is 3. The predicted octanol–water partition coefficient (Wildman–Crippen LogP) is 4.84. The van der Waals surface area contributed by atoms with E-state index < -0.39 is 0 Å². The first-order valence-electron chi connectivity index (χ1n) is 7.74. The van der Waals surface area contributed by atoms with E-state index in [1.54, 1.807) is 0 Å². The Balaban J connectivity index is 1.59. The van der Waals surface area contributed by atoms with Crippen LogP contribution in [0.5, 0.6) is 0 Å². The van der Waals surface area contributed by atoms with Crippen molar-refractivity contribution in [3.05, 3.63) is 70.8 Å². The fourth-order valence-corrected chi connectivity index (χ4v) is 3.78. The van der Waals surface area contributed by atoms with Crippen molar-refractivity contribution in [1.29, 1.82) is 0 Å². The van der Waals surface area contributed by atoms with Gasteiger partial charge in [0.15, 0.2) is 11.4 Å². The molecule has 5 heteroatoms. The summed E-state index contributed by atoms with van der Waals surface area (Å²) in [5.41, 5.74) is 2.49. The monoisotopic (exact) mass is 337 g/mol. The molecule has 0 fully saturated rings. The van der Waals surface area contributed by atoms with E-state index in [0.29, 0.717) is 28.6 Å². The molecule has 1 heterocycles. The Morgan fingerprint density at radius 2 is 1.79 bits per heavy atom. The van der Waals surface area contributed by atoms with Gasteiger partial charge in [0.2, 0.25) is 0 Å². The number of aliphatic hydroxyl groups is 1. The van der Waals surface area contributed by atoms with Gasteiger partial charge in [-0.25, -0.2) is 4.98 Å². The fraction of sp³-hybridized carbons (Fsp3) is 0.158. The molecule has 1 N–H and O–H groups in total. The predicted molar refractivity (Wildman–Crippen MR) is 92.9 cm³/mol. The van der Waals surface area contributed by atoms with Crippen molar-refractivity contribution < 1.29 is 14.3 Å². The topological polar surface area (TPSA) is 63.3 Å². The van der Waals surface area contributed by atoms with Crippen molar-refractivity contribution in [3.8, 4) is 0 Å². The molecule has 24 heavy (non-hydrogen) atoms. The summed E-state index contributed by atoms with van der Waals surface area (Å²) >= 11 is 1.11. The maximum Gasteiger partial charge on any atom is 0.261 e. The highest BCUT2D eigenvalue weighted by Gasteiger charge is 2.30. The SMILES string of the molecule is O=C1CC(c2ccccc2)CC(O)=C1Sc1nc2ccccc2o1. The number of allylic oxidation sites excluding steroid dienone is 2. The summed E-state index contributed by atoms with van der Waals surface area (Å²) in [6.07, 6.45) is 0.842. The minimum Gasteiger partial charge on any atom is -0.511 e. The molecular weight excluding hydrogens is 322 g/mol. The van der Waals surface area contributed by atoms with Gasteiger partial charge in [0.1, 0.15) is 11.3 Å². The number of benzene rings is 2. The Morgan fingerprint density at radius 1 is 1.04 bits per heavy atom. The number of oxazole rings is 1. The number of aromatic nitrogens is 1. The van der Waals surface area contributed by atoms with Crippen LogP contribution in [0, 0.1) is 0 Å². The summed E-state index contributed by atoms with van der Waals surface area (Å²) in [5, 5.41) is 10.8. The fourth-order valence-electron chi connectivity index (χ4n) is 2.93. The first kappa shape index (κ1) is 15.0. The van der Waals surface area contributed by atoms with Crippen LogP contribution in [0.25, 0.3) is 11.1 Å². The molecule has 1 atom stereocenters. The van der Waals surface area contributed by atoms with Crippen LogP contribution in [-0.2, 0) is 4.79 Å². The second-order valence-corrected chi connectivity index (χ2v) is 6.73. The number of aliphatic hydroxyl groups excluding tert-OH is 1. The van der Waals surface area contributed by atoms with Gasteiger partial charge in [-0.1, -0.05) is 42.5 Å². The zero-order valence-electron chi connectivity index (χ0n) is 12.8. The second-order valence-electron chi connectivity index (χ2n) is 5.76. The normalized spacial score (nSPS) is 18.3. The molecule has 0 bridgehead atoms. The smallest absolute Gasteiger partial charge is 0.261 e. The van der Waals surface area contributed by atoms with E-state index in [0.717, 1.165) is 22.8 Å². The van der Waals surface area contributed by atoms with Crippen molar-refractivity contribution in [2.24, 2.45) is 0 Å². The maximum atomic E-state index is 12.5. The molecule has 1 unspecified atom stereocenters. The van der Waals surface area contributed by atoms with Crippen molar-refractivity contribution in [3.63, 3.8) is 0 Å². The van der Waals surface area contributed by atoms with E-state index in [2.05, 4.69) is 4.98 Å². The average molecular weight is 337 g/mol. The van der Waals surface area contributed by atoms with Gasteiger partial charge in [0, 0.05) is 12.8 Å². The molecule has 120 valence electrons. The molecule has 1 aliphatic carbocycles. The van der Waals surface area contributed by atoms with Crippen molar-refractivity contribution in [2.75, 3.05) is 0 Å². The molecule has 4 rings (SSSR count). The van der Waals surface area contributed by atoms with Gasteiger partial charge in [-0.2, -0.15) is 0 Å². The Labute approximate surface area is 143 Å². The molecule has 0 radical (unpaired) electrons. The Bertz CT molecular complexity index is 897. The first-order chi connectivity index (χ1) is 11.7. The molecule has 0 spiro atoms. The van der Waals surface area contributed by atoms with E-state index in [1.807, 2.05) is 54.6 Å². The van der Waals surface area contributed by atoms with Crippen LogP contribution in [0.1, 0.15) is 24.3 Å². The van der Waals surface area contributed by atoms with Gasteiger partial charge in [0.25, 0.3) is 5.22 Å². The zero-order valence-corrected chi connectivity index (χ0v) is 13.6.